The third-order valence-electron chi connectivity index (χ3n) is 3.12. The molecule has 0 fully saturated rings. The molecule has 1 aromatic heterocycles. The van der Waals surface area contributed by atoms with Gasteiger partial charge in [0.15, 0.2) is 5.82 Å². The molecule has 1 heterocycles. The van der Waals surface area contributed by atoms with Crippen molar-refractivity contribution in [3.05, 3.63) is 47.6 Å². The SMILES string of the molecule is CCCCC(NCc1nc(C)no1)c1ccccc1. The van der Waals surface area contributed by atoms with E-state index in [2.05, 4.69) is 46.6 Å². The molecule has 2 rings (SSSR count). The molecule has 0 aliphatic heterocycles. The second kappa shape index (κ2) is 7.04. The molecule has 4 nitrogen and oxygen atoms in total. The Kier molecular flexibility index (Phi) is 5.10. The molecule has 1 unspecified atom stereocenters. The smallest absolute Gasteiger partial charge is 0.240 e. The highest BCUT2D eigenvalue weighted by Gasteiger charge is 2.12. The summed E-state index contributed by atoms with van der Waals surface area (Å²) in [6.45, 7) is 4.66. The number of hydrogen-bond donors (Lipinski definition) is 1. The summed E-state index contributed by atoms with van der Waals surface area (Å²) in [5, 5.41) is 7.31. The molecule has 0 saturated carbocycles. The normalized spacial score (nSPS) is 12.5. The van der Waals surface area contributed by atoms with Crippen LogP contribution in [0.3, 0.4) is 0 Å². The first-order valence-corrected chi connectivity index (χ1v) is 6.87. The number of benzene rings is 1. The summed E-state index contributed by atoms with van der Waals surface area (Å²) in [6.07, 6.45) is 3.52. The van der Waals surface area contributed by atoms with E-state index >= 15 is 0 Å². The topological polar surface area (TPSA) is 51.0 Å². The number of aromatic nitrogens is 2. The van der Waals surface area contributed by atoms with Gasteiger partial charge in [0.25, 0.3) is 0 Å². The molecule has 0 radical (unpaired) electrons. The van der Waals surface area contributed by atoms with Gasteiger partial charge in [0.1, 0.15) is 0 Å². The zero-order valence-electron chi connectivity index (χ0n) is 11.6. The molecular weight excluding hydrogens is 238 g/mol. The lowest BCUT2D eigenvalue weighted by molar-refractivity contribution is 0.350. The zero-order valence-corrected chi connectivity index (χ0v) is 11.6. The molecule has 0 spiro atoms. The van der Waals surface area contributed by atoms with Crippen LogP contribution in [0.2, 0.25) is 0 Å². The second-order valence-electron chi connectivity index (χ2n) is 4.72. The van der Waals surface area contributed by atoms with E-state index in [1.807, 2.05) is 13.0 Å². The van der Waals surface area contributed by atoms with Crippen molar-refractivity contribution in [3.63, 3.8) is 0 Å². The Hall–Kier alpha value is -1.68. The zero-order chi connectivity index (χ0) is 13.5. The summed E-state index contributed by atoms with van der Waals surface area (Å²) in [4.78, 5) is 4.22. The number of hydrogen-bond acceptors (Lipinski definition) is 4. The molecule has 19 heavy (non-hydrogen) atoms. The van der Waals surface area contributed by atoms with Crippen LogP contribution in [0.1, 0.15) is 49.5 Å². The van der Waals surface area contributed by atoms with E-state index in [4.69, 9.17) is 4.52 Å². The molecule has 0 aliphatic rings. The molecular formula is C15H21N3O. The van der Waals surface area contributed by atoms with Crippen LogP contribution < -0.4 is 5.32 Å². The fourth-order valence-corrected chi connectivity index (χ4v) is 2.10. The molecule has 102 valence electrons. The van der Waals surface area contributed by atoms with Gasteiger partial charge in [-0.15, -0.1) is 0 Å². The van der Waals surface area contributed by atoms with E-state index in [0.717, 1.165) is 6.42 Å². The predicted molar refractivity (Wildman–Crippen MR) is 74.6 cm³/mol. The van der Waals surface area contributed by atoms with Gasteiger partial charge in [-0.25, -0.2) is 0 Å². The standard InChI is InChI=1S/C15H21N3O/c1-3-4-10-14(13-8-6-5-7-9-13)16-11-15-17-12(2)18-19-15/h5-9,14,16H,3-4,10-11H2,1-2H3. The first-order chi connectivity index (χ1) is 9.29. The summed E-state index contributed by atoms with van der Waals surface area (Å²) in [7, 11) is 0. The van der Waals surface area contributed by atoms with Crippen LogP contribution in [0.25, 0.3) is 0 Å². The van der Waals surface area contributed by atoms with Gasteiger partial charge in [-0.2, -0.15) is 4.98 Å². The van der Waals surface area contributed by atoms with Crippen molar-refractivity contribution < 1.29 is 4.52 Å². The number of nitrogens with one attached hydrogen (secondary N) is 1. The van der Waals surface area contributed by atoms with Crippen molar-refractivity contribution >= 4 is 0 Å². The summed E-state index contributed by atoms with van der Waals surface area (Å²) in [6, 6.07) is 10.9. The predicted octanol–water partition coefficient (Wildman–Crippen LogP) is 3.40. The van der Waals surface area contributed by atoms with Gasteiger partial charge in [0, 0.05) is 6.04 Å². The Morgan fingerprint density at radius 2 is 2.05 bits per heavy atom. The van der Waals surface area contributed by atoms with Gasteiger partial charge in [0.05, 0.1) is 6.54 Å². The largest absolute Gasteiger partial charge is 0.338 e. The van der Waals surface area contributed by atoms with Crippen LogP contribution in [-0.4, -0.2) is 10.1 Å². The second-order valence-corrected chi connectivity index (χ2v) is 4.72. The fraction of sp³-hybridized carbons (Fsp3) is 0.467. The van der Waals surface area contributed by atoms with E-state index in [1.165, 1.54) is 18.4 Å². The molecule has 0 amide bonds. The van der Waals surface area contributed by atoms with Crippen molar-refractivity contribution in [2.75, 3.05) is 0 Å². The van der Waals surface area contributed by atoms with Gasteiger partial charge in [-0.05, 0) is 18.9 Å². The summed E-state index contributed by atoms with van der Waals surface area (Å²) in [5.74, 6) is 1.33. The molecule has 0 saturated heterocycles. The fourth-order valence-electron chi connectivity index (χ4n) is 2.10. The Balaban J connectivity index is 1.97. The van der Waals surface area contributed by atoms with E-state index in [0.29, 0.717) is 24.3 Å². The summed E-state index contributed by atoms with van der Waals surface area (Å²) in [5.41, 5.74) is 1.31. The quantitative estimate of drug-likeness (QED) is 0.828. The number of rotatable bonds is 7. The van der Waals surface area contributed by atoms with Crippen molar-refractivity contribution in [2.24, 2.45) is 0 Å². The van der Waals surface area contributed by atoms with Crippen LogP contribution in [0.4, 0.5) is 0 Å². The maximum atomic E-state index is 5.13. The molecule has 0 aliphatic carbocycles. The summed E-state index contributed by atoms with van der Waals surface area (Å²) < 4.78 is 5.13. The highest BCUT2D eigenvalue weighted by molar-refractivity contribution is 5.18. The first-order valence-electron chi connectivity index (χ1n) is 6.87. The lowest BCUT2D eigenvalue weighted by Gasteiger charge is -2.17. The van der Waals surface area contributed by atoms with Crippen molar-refractivity contribution in [3.8, 4) is 0 Å². The van der Waals surface area contributed by atoms with Crippen molar-refractivity contribution in [2.45, 2.75) is 45.7 Å². The van der Waals surface area contributed by atoms with Crippen molar-refractivity contribution in [1.82, 2.24) is 15.5 Å². The third kappa shape index (κ3) is 4.17. The third-order valence-corrected chi connectivity index (χ3v) is 3.12. The van der Waals surface area contributed by atoms with E-state index < -0.39 is 0 Å². The number of aryl methyl sites for hydroxylation is 1. The van der Waals surface area contributed by atoms with Crippen LogP contribution in [0, 0.1) is 6.92 Å². The van der Waals surface area contributed by atoms with Crippen LogP contribution in [0.15, 0.2) is 34.9 Å². The van der Waals surface area contributed by atoms with Crippen LogP contribution in [0.5, 0.6) is 0 Å². The molecule has 1 N–H and O–H groups in total. The Morgan fingerprint density at radius 1 is 1.26 bits per heavy atom. The lowest BCUT2D eigenvalue weighted by atomic mass is 10.0. The average Bonchev–Trinajstić information content (AvgIpc) is 2.86. The molecule has 1 aromatic carbocycles. The van der Waals surface area contributed by atoms with Gasteiger partial charge in [-0.1, -0.05) is 55.3 Å². The van der Waals surface area contributed by atoms with Crippen LogP contribution in [-0.2, 0) is 6.54 Å². The van der Waals surface area contributed by atoms with E-state index in [-0.39, 0.29) is 0 Å². The first kappa shape index (κ1) is 13.7. The molecule has 4 heteroatoms. The Morgan fingerprint density at radius 3 is 2.68 bits per heavy atom. The highest BCUT2D eigenvalue weighted by Crippen LogP contribution is 2.19. The monoisotopic (exact) mass is 259 g/mol. The van der Waals surface area contributed by atoms with Gasteiger partial charge in [0.2, 0.25) is 5.89 Å². The Labute approximate surface area is 114 Å². The van der Waals surface area contributed by atoms with E-state index in [1.54, 1.807) is 0 Å². The molecule has 0 bridgehead atoms. The summed E-state index contributed by atoms with van der Waals surface area (Å²) >= 11 is 0. The highest BCUT2D eigenvalue weighted by atomic mass is 16.5. The van der Waals surface area contributed by atoms with Crippen LogP contribution >= 0.6 is 0 Å². The maximum Gasteiger partial charge on any atom is 0.240 e. The van der Waals surface area contributed by atoms with Crippen molar-refractivity contribution in [1.29, 1.82) is 0 Å². The lowest BCUT2D eigenvalue weighted by Crippen LogP contribution is -2.21. The minimum absolute atomic E-state index is 0.341. The maximum absolute atomic E-state index is 5.13. The van der Waals surface area contributed by atoms with Gasteiger partial charge < -0.3 is 9.84 Å². The minimum Gasteiger partial charge on any atom is -0.338 e. The average molecular weight is 259 g/mol. The minimum atomic E-state index is 0.341. The number of unbranched alkanes of at least 4 members (excludes halogenated alkanes) is 1. The Bertz CT molecular complexity index is 481. The van der Waals surface area contributed by atoms with E-state index in [9.17, 15) is 0 Å². The molecule has 2 aromatic rings. The molecule has 1 atom stereocenters. The van der Waals surface area contributed by atoms with Gasteiger partial charge >= 0.3 is 0 Å². The van der Waals surface area contributed by atoms with Gasteiger partial charge in [-0.3, -0.25) is 0 Å². The number of nitrogens with zero attached hydrogens (tertiary/aromatic N) is 2.